The highest BCUT2D eigenvalue weighted by molar-refractivity contribution is 6.39. The minimum Gasteiger partial charge on any atom is -0.460 e. The molecule has 15 nitrogen and oxygen atoms in total. The molecular formula is C45H71NO14. The van der Waals surface area contributed by atoms with Crippen molar-refractivity contribution in [3.05, 3.63) is 23.3 Å². The van der Waals surface area contributed by atoms with Gasteiger partial charge in [-0.15, -0.1) is 0 Å². The quantitative estimate of drug-likeness (QED) is 0.188. The molecule has 0 aromatic rings. The number of hydrogen-bond acceptors (Lipinski definition) is 14. The van der Waals surface area contributed by atoms with Crippen molar-refractivity contribution in [3.8, 4) is 0 Å². The number of aliphatic hydroxyl groups excluding tert-OH is 2. The minimum absolute atomic E-state index is 0.0515. The van der Waals surface area contributed by atoms with Gasteiger partial charge >= 0.3 is 11.9 Å². The fraction of sp³-hybridized carbons (Fsp3) is 0.800. The average Bonchev–Trinajstić information content (AvgIpc) is 3.22. The van der Waals surface area contributed by atoms with Crippen molar-refractivity contribution in [1.82, 2.24) is 4.90 Å². The molecule has 2 saturated heterocycles. The highest BCUT2D eigenvalue weighted by Crippen LogP contribution is 2.39. The number of cyclic esters (lactones) is 1. The molecule has 3 heterocycles. The van der Waals surface area contributed by atoms with Crippen LogP contribution in [0.4, 0.5) is 0 Å². The number of ketones is 2. The van der Waals surface area contributed by atoms with Crippen LogP contribution in [0.25, 0.3) is 0 Å². The van der Waals surface area contributed by atoms with E-state index in [0.29, 0.717) is 49.7 Å². The fourth-order valence-corrected chi connectivity index (χ4v) is 9.64. The number of carbonyl (C=O) groups is 5. The number of rotatable bonds is 7. The lowest BCUT2D eigenvalue weighted by Gasteiger charge is -2.47. The Morgan fingerprint density at radius 2 is 1.57 bits per heavy atom. The molecule has 15 atom stereocenters. The molecule has 0 spiro atoms. The number of piperidine rings is 1. The number of aliphatic hydroxyl groups is 3. The van der Waals surface area contributed by atoms with Crippen LogP contribution in [0.1, 0.15) is 113 Å². The fourth-order valence-electron chi connectivity index (χ4n) is 9.64. The second-order valence-electron chi connectivity index (χ2n) is 17.7. The maximum Gasteiger partial charge on any atom is 0.329 e. The Bertz CT molecular complexity index is 1580. The standard InChI is InChI=1S/C45H71NO14/c1-11-31-19-24(2)39(50)25(3)20-37(56-9)41-38(57-10)21-27(5)45(54,60-41)42(51)43(52)46-17-13-12-14-32(46)44(53)59-40(28(6)33(48)23-34(31)49)26(4)18-30-15-16-35(58-29(7)47)36(22-30)55-8/h18-19,25,27-28,30-33,35-41,48,50,54H,11-17,20-23H2,1-10H3/b24-19+,26-18?. The number of allylic oxidation sites excluding steroid dienone is 2. The molecule has 4 aliphatic rings. The monoisotopic (exact) mass is 849 g/mol. The molecule has 3 fully saturated rings. The number of hydrogen-bond donors (Lipinski definition) is 3. The minimum atomic E-state index is -2.58. The first-order valence-electron chi connectivity index (χ1n) is 21.8. The molecule has 0 radical (unpaired) electrons. The molecule has 1 amide bonds. The lowest BCUT2D eigenvalue weighted by molar-refractivity contribution is -0.302. The van der Waals surface area contributed by atoms with Crippen LogP contribution in [-0.2, 0) is 52.4 Å². The lowest BCUT2D eigenvalue weighted by atomic mass is 9.81. The van der Waals surface area contributed by atoms with Gasteiger partial charge in [0.25, 0.3) is 11.7 Å². The molecule has 2 bridgehead atoms. The molecule has 0 aromatic carbocycles. The summed E-state index contributed by atoms with van der Waals surface area (Å²) in [5, 5.41) is 35.3. The zero-order valence-electron chi connectivity index (χ0n) is 37.3. The van der Waals surface area contributed by atoms with Crippen molar-refractivity contribution >= 4 is 29.4 Å². The van der Waals surface area contributed by atoms with E-state index in [1.165, 1.54) is 21.1 Å². The summed E-state index contributed by atoms with van der Waals surface area (Å²) in [6.45, 7) is 11.9. The van der Waals surface area contributed by atoms with Gasteiger partial charge in [0.1, 0.15) is 30.1 Å². The average molecular weight is 850 g/mol. The number of nitrogens with zero attached hydrogens (tertiary/aromatic N) is 1. The number of Topliss-reactive ketones (excluding diaryl/α,β-unsaturated/α-hetero) is 2. The Morgan fingerprint density at radius 3 is 2.18 bits per heavy atom. The van der Waals surface area contributed by atoms with Crippen LogP contribution in [0.2, 0.25) is 0 Å². The highest BCUT2D eigenvalue weighted by atomic mass is 16.7. The predicted molar refractivity (Wildman–Crippen MR) is 219 cm³/mol. The zero-order valence-corrected chi connectivity index (χ0v) is 37.3. The van der Waals surface area contributed by atoms with Gasteiger partial charge in [0.15, 0.2) is 0 Å². The van der Waals surface area contributed by atoms with Crippen LogP contribution in [0.5, 0.6) is 0 Å². The van der Waals surface area contributed by atoms with Gasteiger partial charge in [0.05, 0.1) is 30.5 Å². The number of methoxy groups -OCH3 is 3. The van der Waals surface area contributed by atoms with Crippen LogP contribution >= 0.6 is 0 Å². The van der Waals surface area contributed by atoms with Crippen molar-refractivity contribution in [3.63, 3.8) is 0 Å². The van der Waals surface area contributed by atoms with E-state index in [9.17, 15) is 39.3 Å². The zero-order chi connectivity index (χ0) is 44.6. The van der Waals surface area contributed by atoms with Crippen LogP contribution < -0.4 is 0 Å². The number of ether oxygens (including phenoxy) is 6. The van der Waals surface area contributed by atoms with E-state index in [-0.39, 0.29) is 50.0 Å². The maximum atomic E-state index is 14.4. The van der Waals surface area contributed by atoms with Crippen LogP contribution in [-0.4, -0.2) is 138 Å². The number of esters is 2. The molecule has 3 N–H and O–H groups in total. The van der Waals surface area contributed by atoms with Crippen molar-refractivity contribution in [2.75, 3.05) is 27.9 Å². The van der Waals surface area contributed by atoms with Gasteiger partial charge < -0.3 is 48.6 Å². The summed E-state index contributed by atoms with van der Waals surface area (Å²) in [4.78, 5) is 69.7. The summed E-state index contributed by atoms with van der Waals surface area (Å²) in [6.07, 6.45) is 0.629. The van der Waals surface area contributed by atoms with Crippen molar-refractivity contribution < 1.29 is 67.7 Å². The van der Waals surface area contributed by atoms with Gasteiger partial charge in [0, 0.05) is 59.0 Å². The van der Waals surface area contributed by atoms with Crippen molar-refractivity contribution in [1.29, 1.82) is 0 Å². The van der Waals surface area contributed by atoms with Crippen LogP contribution in [0.15, 0.2) is 23.3 Å². The van der Waals surface area contributed by atoms with E-state index >= 15 is 0 Å². The van der Waals surface area contributed by atoms with Crippen LogP contribution in [0, 0.1) is 29.6 Å². The van der Waals surface area contributed by atoms with E-state index in [0.717, 1.165) is 4.90 Å². The number of fused-ring (bicyclic) bond motifs is 3. The summed E-state index contributed by atoms with van der Waals surface area (Å²) in [5.41, 5.74) is 1.16. The smallest absolute Gasteiger partial charge is 0.329 e. The Hall–Kier alpha value is -3.05. The van der Waals surface area contributed by atoms with Crippen molar-refractivity contribution in [2.24, 2.45) is 29.6 Å². The molecule has 1 aliphatic carbocycles. The summed E-state index contributed by atoms with van der Waals surface area (Å²) < 4.78 is 35.3. The lowest BCUT2D eigenvalue weighted by Crippen LogP contribution is -2.64. The number of carbonyl (C=O) groups excluding carboxylic acids is 5. The SMILES string of the molecule is CCC1/C=C(\C)C(O)C(C)CC(OC)C2OC(O)(C(=O)C(=O)N3CCCCC3C(=O)OC(C(C)=CC3CCC(OC(C)=O)C(OC)C3)C(C)C(O)CC1=O)C(C)CC2OC. The maximum absolute atomic E-state index is 14.4. The van der Waals surface area contributed by atoms with E-state index in [4.69, 9.17) is 28.4 Å². The summed E-state index contributed by atoms with van der Waals surface area (Å²) >= 11 is 0. The van der Waals surface area contributed by atoms with Crippen LogP contribution in [0.3, 0.4) is 0 Å². The second kappa shape index (κ2) is 21.8. The third-order valence-corrected chi connectivity index (χ3v) is 13.5. The topological polar surface area (TPSA) is 205 Å². The second-order valence-corrected chi connectivity index (χ2v) is 17.7. The van der Waals surface area contributed by atoms with E-state index in [1.54, 1.807) is 40.9 Å². The van der Waals surface area contributed by atoms with Gasteiger partial charge in [-0.1, -0.05) is 39.8 Å². The molecule has 15 heteroatoms. The molecule has 60 heavy (non-hydrogen) atoms. The van der Waals surface area contributed by atoms with Gasteiger partial charge in [0.2, 0.25) is 5.79 Å². The largest absolute Gasteiger partial charge is 0.460 e. The first-order valence-corrected chi connectivity index (χ1v) is 21.8. The Kier molecular flexibility index (Phi) is 18.1. The van der Waals surface area contributed by atoms with E-state index in [2.05, 4.69) is 0 Å². The molecule has 0 aromatic heterocycles. The molecule has 15 unspecified atom stereocenters. The summed E-state index contributed by atoms with van der Waals surface area (Å²) in [6, 6.07) is -1.18. The molecular weight excluding hydrogens is 778 g/mol. The van der Waals surface area contributed by atoms with Gasteiger partial charge in [-0.3, -0.25) is 19.2 Å². The Labute approximate surface area is 355 Å². The Morgan fingerprint density at radius 1 is 0.917 bits per heavy atom. The van der Waals surface area contributed by atoms with Gasteiger partial charge in [-0.2, -0.15) is 0 Å². The molecule has 1 saturated carbocycles. The normalized spacial score (nSPS) is 40.7. The highest BCUT2D eigenvalue weighted by Gasteiger charge is 2.57. The third-order valence-electron chi connectivity index (χ3n) is 13.5. The Balaban J connectivity index is 1.77. The number of amides is 1. The summed E-state index contributed by atoms with van der Waals surface area (Å²) in [7, 11) is 4.49. The molecule has 3 aliphatic heterocycles. The third kappa shape index (κ3) is 11.5. The molecule has 4 rings (SSSR count). The van der Waals surface area contributed by atoms with Gasteiger partial charge in [-0.25, -0.2) is 4.79 Å². The summed E-state index contributed by atoms with van der Waals surface area (Å²) in [5.74, 6) is -9.14. The first-order chi connectivity index (χ1) is 28.3. The first kappa shape index (κ1) is 49.6. The van der Waals surface area contributed by atoms with Crippen molar-refractivity contribution in [2.45, 2.75) is 173 Å². The van der Waals surface area contributed by atoms with E-state index < -0.39 is 102 Å². The van der Waals surface area contributed by atoms with E-state index in [1.807, 2.05) is 19.9 Å². The van der Waals surface area contributed by atoms with Gasteiger partial charge in [-0.05, 0) is 94.6 Å². The molecule has 340 valence electrons. The predicted octanol–water partition coefficient (Wildman–Crippen LogP) is 4.01.